The number of methoxy groups -OCH3 is 2. The molecular weight excluding hydrogens is 314 g/mol. The van der Waals surface area contributed by atoms with Crippen LogP contribution in [0, 0.1) is 0 Å². The Hall–Kier alpha value is -3.35. The number of phenols is 1. The van der Waals surface area contributed by atoms with Crippen molar-refractivity contribution in [3.63, 3.8) is 0 Å². The minimum absolute atomic E-state index is 0.0890. The predicted molar refractivity (Wildman–Crippen MR) is 84.2 cm³/mol. The molecular formula is C17H15NO6. The monoisotopic (exact) mass is 329 g/mol. The summed E-state index contributed by atoms with van der Waals surface area (Å²) in [6.45, 7) is 0. The standard InChI is InChI=1S/C17H15NO6/c1-23-12-7-8-14(19)13(9-12)16(21)18-15(20)10-3-5-11(6-4-10)17(22)24-2/h3-9,19H,1-2H3,(H,18,20,21). The van der Waals surface area contributed by atoms with Gasteiger partial charge in [0.1, 0.15) is 11.5 Å². The van der Waals surface area contributed by atoms with Crippen LogP contribution in [0.1, 0.15) is 31.1 Å². The molecule has 124 valence electrons. The summed E-state index contributed by atoms with van der Waals surface area (Å²) in [7, 11) is 2.67. The summed E-state index contributed by atoms with van der Waals surface area (Å²) in [6, 6.07) is 9.70. The molecule has 0 radical (unpaired) electrons. The zero-order chi connectivity index (χ0) is 17.7. The number of esters is 1. The number of carbonyl (C=O) groups is 3. The molecule has 0 bridgehead atoms. The lowest BCUT2D eigenvalue weighted by atomic mass is 10.1. The number of phenolic OH excluding ortho intramolecular Hbond substituents is 1. The Morgan fingerprint density at radius 1 is 0.917 bits per heavy atom. The molecule has 2 aromatic rings. The molecule has 2 rings (SSSR count). The highest BCUT2D eigenvalue weighted by Crippen LogP contribution is 2.22. The quantitative estimate of drug-likeness (QED) is 0.654. The number of hydrogen-bond acceptors (Lipinski definition) is 6. The maximum absolute atomic E-state index is 12.1. The molecule has 0 spiro atoms. The number of ether oxygens (including phenoxy) is 2. The highest BCUT2D eigenvalue weighted by Gasteiger charge is 2.17. The first-order chi connectivity index (χ1) is 11.5. The van der Waals surface area contributed by atoms with Crippen LogP contribution >= 0.6 is 0 Å². The molecule has 0 aliphatic rings. The molecule has 0 aliphatic carbocycles. The number of imide groups is 1. The van der Waals surface area contributed by atoms with E-state index in [0.29, 0.717) is 5.75 Å². The first-order valence-electron chi connectivity index (χ1n) is 6.87. The van der Waals surface area contributed by atoms with Gasteiger partial charge >= 0.3 is 5.97 Å². The number of nitrogens with one attached hydrogen (secondary N) is 1. The fourth-order valence-corrected chi connectivity index (χ4v) is 1.94. The van der Waals surface area contributed by atoms with Crippen molar-refractivity contribution in [3.8, 4) is 11.5 Å². The van der Waals surface area contributed by atoms with Gasteiger partial charge in [-0.15, -0.1) is 0 Å². The number of carbonyl (C=O) groups excluding carboxylic acids is 3. The molecule has 2 amide bonds. The van der Waals surface area contributed by atoms with Crippen LogP contribution in [0.2, 0.25) is 0 Å². The van der Waals surface area contributed by atoms with Crippen molar-refractivity contribution in [3.05, 3.63) is 59.2 Å². The number of rotatable bonds is 4. The Balaban J connectivity index is 2.14. The molecule has 7 nitrogen and oxygen atoms in total. The molecule has 2 N–H and O–H groups in total. The number of amides is 2. The van der Waals surface area contributed by atoms with Crippen molar-refractivity contribution in [2.75, 3.05) is 14.2 Å². The third kappa shape index (κ3) is 3.70. The van der Waals surface area contributed by atoms with Crippen molar-refractivity contribution >= 4 is 17.8 Å². The van der Waals surface area contributed by atoms with Crippen molar-refractivity contribution < 1.29 is 29.0 Å². The van der Waals surface area contributed by atoms with Crippen LogP contribution in [0.15, 0.2) is 42.5 Å². The van der Waals surface area contributed by atoms with E-state index >= 15 is 0 Å². The van der Waals surface area contributed by atoms with E-state index in [2.05, 4.69) is 10.1 Å². The summed E-state index contributed by atoms with van der Waals surface area (Å²) in [5, 5.41) is 11.9. The molecule has 0 saturated heterocycles. The number of hydrogen-bond donors (Lipinski definition) is 2. The average molecular weight is 329 g/mol. The maximum atomic E-state index is 12.1. The van der Waals surface area contributed by atoms with Gasteiger partial charge in [-0.1, -0.05) is 0 Å². The van der Waals surface area contributed by atoms with Gasteiger partial charge in [-0.2, -0.15) is 0 Å². The van der Waals surface area contributed by atoms with E-state index in [1.807, 2.05) is 0 Å². The highest BCUT2D eigenvalue weighted by atomic mass is 16.5. The van der Waals surface area contributed by atoms with E-state index < -0.39 is 17.8 Å². The van der Waals surface area contributed by atoms with Crippen LogP contribution in [0.4, 0.5) is 0 Å². The maximum Gasteiger partial charge on any atom is 0.337 e. The van der Waals surface area contributed by atoms with E-state index in [9.17, 15) is 19.5 Å². The third-order valence-corrected chi connectivity index (χ3v) is 3.24. The van der Waals surface area contributed by atoms with Gasteiger partial charge in [-0.25, -0.2) is 4.79 Å². The zero-order valence-corrected chi connectivity index (χ0v) is 13.0. The van der Waals surface area contributed by atoms with E-state index in [-0.39, 0.29) is 22.4 Å². The zero-order valence-electron chi connectivity index (χ0n) is 13.0. The molecule has 24 heavy (non-hydrogen) atoms. The van der Waals surface area contributed by atoms with Crippen molar-refractivity contribution in [2.45, 2.75) is 0 Å². The average Bonchev–Trinajstić information content (AvgIpc) is 2.61. The molecule has 0 aliphatic heterocycles. The van der Waals surface area contributed by atoms with Crippen molar-refractivity contribution in [1.29, 1.82) is 0 Å². The lowest BCUT2D eigenvalue weighted by molar-refractivity contribution is 0.0600. The van der Waals surface area contributed by atoms with Crippen molar-refractivity contribution in [2.24, 2.45) is 0 Å². The second kappa shape index (κ2) is 7.28. The smallest absolute Gasteiger partial charge is 0.337 e. The summed E-state index contributed by atoms with van der Waals surface area (Å²) in [4.78, 5) is 35.5. The molecule has 0 aromatic heterocycles. The second-order valence-corrected chi connectivity index (χ2v) is 4.74. The minimum atomic E-state index is -0.770. The Morgan fingerprint density at radius 2 is 1.54 bits per heavy atom. The predicted octanol–water partition coefficient (Wildman–Crippen LogP) is 1.76. The highest BCUT2D eigenvalue weighted by molar-refractivity contribution is 6.11. The summed E-state index contributed by atoms with van der Waals surface area (Å²) in [6.07, 6.45) is 0. The van der Waals surface area contributed by atoms with Crippen LogP contribution in [-0.4, -0.2) is 37.1 Å². The van der Waals surface area contributed by atoms with Gasteiger partial charge in [0, 0.05) is 5.56 Å². The fourth-order valence-electron chi connectivity index (χ4n) is 1.94. The van der Waals surface area contributed by atoms with E-state index in [0.717, 1.165) is 0 Å². The molecule has 7 heteroatoms. The third-order valence-electron chi connectivity index (χ3n) is 3.24. The van der Waals surface area contributed by atoms with E-state index in [4.69, 9.17) is 4.74 Å². The van der Waals surface area contributed by atoms with Crippen LogP contribution in [0.5, 0.6) is 11.5 Å². The van der Waals surface area contributed by atoms with Gasteiger partial charge in [-0.3, -0.25) is 14.9 Å². The molecule has 0 unspecified atom stereocenters. The lowest BCUT2D eigenvalue weighted by Crippen LogP contribution is -2.30. The summed E-state index contributed by atoms with van der Waals surface area (Å²) in [5.74, 6) is -1.87. The molecule has 0 saturated carbocycles. The molecule has 0 heterocycles. The van der Waals surface area contributed by atoms with Gasteiger partial charge in [-0.05, 0) is 42.5 Å². The van der Waals surface area contributed by atoms with Crippen molar-refractivity contribution in [1.82, 2.24) is 5.32 Å². The van der Waals surface area contributed by atoms with Crippen LogP contribution < -0.4 is 10.1 Å². The molecule has 0 atom stereocenters. The van der Waals surface area contributed by atoms with E-state index in [1.165, 1.54) is 56.7 Å². The normalized spacial score (nSPS) is 9.92. The van der Waals surface area contributed by atoms with Gasteiger partial charge in [0.05, 0.1) is 25.3 Å². The Labute approximate surface area is 137 Å². The van der Waals surface area contributed by atoms with Gasteiger partial charge in [0.15, 0.2) is 0 Å². The number of aromatic hydroxyl groups is 1. The molecule has 0 fully saturated rings. The van der Waals surface area contributed by atoms with Gasteiger partial charge < -0.3 is 14.6 Å². The molecule has 2 aromatic carbocycles. The van der Waals surface area contributed by atoms with Gasteiger partial charge in [0.2, 0.25) is 0 Å². The summed E-state index contributed by atoms with van der Waals surface area (Å²) >= 11 is 0. The van der Waals surface area contributed by atoms with Crippen LogP contribution in [0.3, 0.4) is 0 Å². The van der Waals surface area contributed by atoms with Crippen LogP contribution in [0.25, 0.3) is 0 Å². The lowest BCUT2D eigenvalue weighted by Gasteiger charge is -2.08. The topological polar surface area (TPSA) is 102 Å². The summed E-state index contributed by atoms with van der Waals surface area (Å²) < 4.78 is 9.54. The first-order valence-corrected chi connectivity index (χ1v) is 6.87. The van der Waals surface area contributed by atoms with E-state index in [1.54, 1.807) is 0 Å². The van der Waals surface area contributed by atoms with Crippen LogP contribution in [-0.2, 0) is 4.74 Å². The SMILES string of the molecule is COC(=O)c1ccc(C(=O)NC(=O)c2cc(OC)ccc2O)cc1. The minimum Gasteiger partial charge on any atom is -0.507 e. The summed E-state index contributed by atoms with van der Waals surface area (Å²) in [5.41, 5.74) is 0.373. The first kappa shape index (κ1) is 17.0. The Bertz CT molecular complexity index is 782. The second-order valence-electron chi connectivity index (χ2n) is 4.74. The number of benzene rings is 2. The Kier molecular flexibility index (Phi) is 5.16. The Morgan fingerprint density at radius 3 is 2.12 bits per heavy atom. The largest absolute Gasteiger partial charge is 0.507 e. The fraction of sp³-hybridized carbons (Fsp3) is 0.118. The van der Waals surface area contributed by atoms with Gasteiger partial charge in [0.25, 0.3) is 11.8 Å².